The standard InChI is InChI=1S/C10H17Br/c1-7(11)4-10-6-8-2-3-9(10)5-8/h7-10H,2-6H2,1H3. The van der Waals surface area contributed by atoms with Crippen molar-refractivity contribution in [2.24, 2.45) is 17.8 Å². The van der Waals surface area contributed by atoms with Gasteiger partial charge in [0.25, 0.3) is 0 Å². The summed E-state index contributed by atoms with van der Waals surface area (Å²) < 4.78 is 0. The summed E-state index contributed by atoms with van der Waals surface area (Å²) in [5.41, 5.74) is 0. The van der Waals surface area contributed by atoms with Gasteiger partial charge in [0.15, 0.2) is 0 Å². The van der Waals surface area contributed by atoms with E-state index in [1.54, 1.807) is 12.8 Å². The summed E-state index contributed by atoms with van der Waals surface area (Å²) in [7, 11) is 0. The second-order valence-electron chi connectivity index (χ2n) is 4.45. The van der Waals surface area contributed by atoms with E-state index in [-0.39, 0.29) is 0 Å². The second kappa shape index (κ2) is 3.08. The molecule has 0 N–H and O–H groups in total. The van der Waals surface area contributed by atoms with Crippen molar-refractivity contribution < 1.29 is 0 Å². The van der Waals surface area contributed by atoms with Gasteiger partial charge in [0.2, 0.25) is 0 Å². The van der Waals surface area contributed by atoms with Gasteiger partial charge in [-0.15, -0.1) is 0 Å². The quantitative estimate of drug-likeness (QED) is 0.620. The Labute approximate surface area is 77.9 Å². The Morgan fingerprint density at radius 3 is 2.64 bits per heavy atom. The van der Waals surface area contributed by atoms with Crippen LogP contribution in [-0.2, 0) is 0 Å². The first-order valence-corrected chi connectivity index (χ1v) is 5.81. The Hall–Kier alpha value is 0.480. The fourth-order valence-corrected chi connectivity index (χ4v) is 3.56. The van der Waals surface area contributed by atoms with Crippen LogP contribution < -0.4 is 0 Å². The summed E-state index contributed by atoms with van der Waals surface area (Å²) in [6.45, 7) is 2.28. The molecule has 0 aromatic heterocycles. The maximum Gasteiger partial charge on any atom is 0.0120 e. The zero-order valence-electron chi connectivity index (χ0n) is 7.22. The van der Waals surface area contributed by atoms with Gasteiger partial charge in [-0.1, -0.05) is 29.3 Å². The van der Waals surface area contributed by atoms with Gasteiger partial charge in [0, 0.05) is 4.83 Å². The van der Waals surface area contributed by atoms with E-state index in [1.165, 1.54) is 19.3 Å². The lowest BCUT2D eigenvalue weighted by Gasteiger charge is -2.22. The third kappa shape index (κ3) is 1.63. The van der Waals surface area contributed by atoms with E-state index in [4.69, 9.17) is 0 Å². The van der Waals surface area contributed by atoms with Gasteiger partial charge in [-0.3, -0.25) is 0 Å². The maximum atomic E-state index is 3.66. The van der Waals surface area contributed by atoms with Crippen LogP contribution in [0.4, 0.5) is 0 Å². The van der Waals surface area contributed by atoms with E-state index in [2.05, 4.69) is 22.9 Å². The van der Waals surface area contributed by atoms with E-state index in [1.807, 2.05) is 0 Å². The molecule has 0 saturated heterocycles. The monoisotopic (exact) mass is 216 g/mol. The van der Waals surface area contributed by atoms with Crippen LogP contribution in [0.5, 0.6) is 0 Å². The minimum atomic E-state index is 0.742. The van der Waals surface area contributed by atoms with E-state index in [0.29, 0.717) is 0 Å². The number of hydrogen-bond acceptors (Lipinski definition) is 0. The molecule has 0 spiro atoms. The number of rotatable bonds is 2. The van der Waals surface area contributed by atoms with E-state index in [9.17, 15) is 0 Å². The summed E-state index contributed by atoms with van der Waals surface area (Å²) in [6.07, 6.45) is 7.60. The Balaban J connectivity index is 1.87. The molecule has 0 aromatic rings. The van der Waals surface area contributed by atoms with Crippen molar-refractivity contribution in [2.75, 3.05) is 0 Å². The van der Waals surface area contributed by atoms with Crippen molar-refractivity contribution in [1.29, 1.82) is 0 Å². The zero-order chi connectivity index (χ0) is 7.84. The highest BCUT2D eigenvalue weighted by molar-refractivity contribution is 9.09. The predicted molar refractivity (Wildman–Crippen MR) is 51.9 cm³/mol. The number of fused-ring (bicyclic) bond motifs is 2. The molecule has 4 atom stereocenters. The molecule has 2 aliphatic rings. The van der Waals surface area contributed by atoms with Crippen LogP contribution in [0, 0.1) is 17.8 Å². The SMILES string of the molecule is CC(Br)CC1CC2CCC1C2. The Bertz CT molecular complexity index is 142. The highest BCUT2D eigenvalue weighted by Gasteiger charge is 2.39. The van der Waals surface area contributed by atoms with Gasteiger partial charge >= 0.3 is 0 Å². The molecular formula is C10H17Br. The molecule has 2 aliphatic carbocycles. The smallest absolute Gasteiger partial charge is 0.0120 e. The van der Waals surface area contributed by atoms with Crippen molar-refractivity contribution >= 4 is 15.9 Å². The van der Waals surface area contributed by atoms with Crippen LogP contribution >= 0.6 is 15.9 Å². The lowest BCUT2D eigenvalue weighted by molar-refractivity contribution is 0.316. The van der Waals surface area contributed by atoms with Crippen molar-refractivity contribution in [2.45, 2.75) is 43.9 Å². The highest BCUT2D eigenvalue weighted by atomic mass is 79.9. The molecule has 2 bridgehead atoms. The average molecular weight is 217 g/mol. The summed E-state index contributed by atoms with van der Waals surface area (Å²) in [5, 5.41) is 0. The van der Waals surface area contributed by atoms with Gasteiger partial charge in [-0.05, 0) is 43.4 Å². The molecule has 0 aliphatic heterocycles. The van der Waals surface area contributed by atoms with Crippen molar-refractivity contribution in [3.63, 3.8) is 0 Å². The third-order valence-corrected chi connectivity index (χ3v) is 3.89. The summed E-state index contributed by atoms with van der Waals surface area (Å²) >= 11 is 3.66. The molecule has 2 fully saturated rings. The number of halogens is 1. The van der Waals surface area contributed by atoms with Crippen molar-refractivity contribution in [3.8, 4) is 0 Å². The van der Waals surface area contributed by atoms with Gasteiger partial charge < -0.3 is 0 Å². The number of alkyl halides is 1. The molecule has 0 nitrogen and oxygen atoms in total. The fourth-order valence-electron chi connectivity index (χ4n) is 3.08. The lowest BCUT2D eigenvalue weighted by atomic mass is 9.86. The summed E-state index contributed by atoms with van der Waals surface area (Å²) in [4.78, 5) is 0.742. The van der Waals surface area contributed by atoms with Crippen LogP contribution in [0.25, 0.3) is 0 Å². The molecule has 2 saturated carbocycles. The van der Waals surface area contributed by atoms with Gasteiger partial charge in [-0.2, -0.15) is 0 Å². The first kappa shape index (κ1) is 8.10. The maximum absolute atomic E-state index is 3.66. The molecule has 0 amide bonds. The highest BCUT2D eigenvalue weighted by Crippen LogP contribution is 2.50. The van der Waals surface area contributed by atoms with Crippen LogP contribution in [0.1, 0.15) is 39.0 Å². The summed E-state index contributed by atoms with van der Waals surface area (Å²) in [5.74, 6) is 3.30. The Kier molecular flexibility index (Phi) is 2.27. The molecule has 0 heterocycles. The van der Waals surface area contributed by atoms with Crippen LogP contribution in [0.2, 0.25) is 0 Å². The van der Waals surface area contributed by atoms with Crippen molar-refractivity contribution in [1.82, 2.24) is 0 Å². The molecule has 1 heteroatoms. The predicted octanol–water partition coefficient (Wildman–Crippen LogP) is 3.60. The van der Waals surface area contributed by atoms with E-state index < -0.39 is 0 Å². The van der Waals surface area contributed by atoms with Gasteiger partial charge in [-0.25, -0.2) is 0 Å². The molecule has 11 heavy (non-hydrogen) atoms. The van der Waals surface area contributed by atoms with Crippen LogP contribution in [0.3, 0.4) is 0 Å². The van der Waals surface area contributed by atoms with E-state index in [0.717, 1.165) is 22.6 Å². The van der Waals surface area contributed by atoms with E-state index >= 15 is 0 Å². The molecule has 4 unspecified atom stereocenters. The first-order chi connectivity index (χ1) is 5.25. The molecule has 2 rings (SSSR count). The Morgan fingerprint density at radius 1 is 1.36 bits per heavy atom. The largest absolute Gasteiger partial charge is 0.0894 e. The van der Waals surface area contributed by atoms with Crippen LogP contribution in [-0.4, -0.2) is 4.83 Å². The van der Waals surface area contributed by atoms with Gasteiger partial charge in [0.05, 0.1) is 0 Å². The molecule has 0 radical (unpaired) electrons. The first-order valence-electron chi connectivity index (χ1n) is 4.89. The molecular weight excluding hydrogens is 200 g/mol. The fraction of sp³-hybridized carbons (Fsp3) is 1.00. The molecule has 0 aromatic carbocycles. The Morgan fingerprint density at radius 2 is 2.18 bits per heavy atom. The van der Waals surface area contributed by atoms with Crippen molar-refractivity contribution in [3.05, 3.63) is 0 Å². The minimum absolute atomic E-state index is 0.742. The zero-order valence-corrected chi connectivity index (χ0v) is 8.81. The molecule has 64 valence electrons. The topological polar surface area (TPSA) is 0 Å². The lowest BCUT2D eigenvalue weighted by Crippen LogP contribution is -2.13. The third-order valence-electron chi connectivity index (χ3n) is 3.51. The van der Waals surface area contributed by atoms with Gasteiger partial charge in [0.1, 0.15) is 0 Å². The number of hydrogen-bond donors (Lipinski definition) is 0. The summed E-state index contributed by atoms with van der Waals surface area (Å²) in [6, 6.07) is 0. The average Bonchev–Trinajstić information content (AvgIpc) is 2.45. The minimum Gasteiger partial charge on any atom is -0.0894 e. The second-order valence-corrected chi connectivity index (χ2v) is 6.01. The van der Waals surface area contributed by atoms with Crippen LogP contribution in [0.15, 0.2) is 0 Å². The normalized spacial score (nSPS) is 44.7.